The van der Waals surface area contributed by atoms with Gasteiger partial charge in [0.05, 0.1) is 0 Å². The maximum atomic E-state index is 6.17. The largest absolute Gasteiger partial charge is 0.0843 e. The Morgan fingerprint density at radius 3 is 0.667 bits per heavy atom. The quantitative estimate of drug-likeness (QED) is 0.211. The minimum absolute atomic E-state index is 0.703. The number of hydrogen-bond acceptors (Lipinski definition) is 0. The molecule has 176 valence electrons. The van der Waals surface area contributed by atoms with Crippen molar-refractivity contribution in [2.45, 2.75) is 0 Å². The number of benzene rings is 5. The van der Waals surface area contributed by atoms with Crippen LogP contribution in [0.4, 0.5) is 0 Å². The summed E-state index contributed by atoms with van der Waals surface area (Å²) < 4.78 is 0. The van der Waals surface area contributed by atoms with Gasteiger partial charge in [0.1, 0.15) is 0 Å². The van der Waals surface area contributed by atoms with E-state index in [4.69, 9.17) is 46.4 Å². The molecule has 0 aliphatic rings. The Labute approximate surface area is 230 Å². The van der Waals surface area contributed by atoms with E-state index in [1.54, 1.807) is 0 Å². The molecule has 0 aliphatic heterocycles. The highest BCUT2D eigenvalue weighted by Crippen LogP contribution is 2.25. The smallest absolute Gasteiger partial charge is 0.0406 e. The summed E-state index contributed by atoms with van der Waals surface area (Å²) in [6.07, 6.45) is 0. The Hall–Kier alpha value is -3.00. The lowest BCUT2D eigenvalue weighted by molar-refractivity contribution is 1.44. The van der Waals surface area contributed by atoms with Crippen LogP contribution in [0.3, 0.4) is 0 Å². The van der Waals surface area contributed by atoms with Gasteiger partial charge in [-0.2, -0.15) is 0 Å². The van der Waals surface area contributed by atoms with Gasteiger partial charge in [-0.15, -0.1) is 0 Å². The van der Waals surface area contributed by atoms with Gasteiger partial charge >= 0.3 is 0 Å². The third kappa shape index (κ3) is 5.53. The Morgan fingerprint density at radius 1 is 0.278 bits per heavy atom. The number of hydrogen-bond donors (Lipinski definition) is 0. The molecular formula is C32H20Cl4. The molecule has 0 saturated carbocycles. The van der Waals surface area contributed by atoms with Crippen molar-refractivity contribution in [3.63, 3.8) is 0 Å². The van der Waals surface area contributed by atoms with Crippen LogP contribution >= 0.6 is 46.4 Å². The van der Waals surface area contributed by atoms with Gasteiger partial charge in [-0.25, -0.2) is 0 Å². The van der Waals surface area contributed by atoms with Crippen molar-refractivity contribution in [2.75, 3.05) is 0 Å². The molecule has 0 spiro atoms. The van der Waals surface area contributed by atoms with Gasteiger partial charge in [-0.1, -0.05) is 119 Å². The SMILES string of the molecule is Clc1ccc(C(c2ccc(Cl)cc2)=c2ccc(=C(c3ccc(Cl)cc3)c3ccc(Cl)cc3)cc2)cc1. The molecule has 0 nitrogen and oxygen atoms in total. The van der Waals surface area contributed by atoms with Crippen molar-refractivity contribution in [2.24, 2.45) is 0 Å². The van der Waals surface area contributed by atoms with Gasteiger partial charge in [-0.05, 0) is 92.4 Å². The molecule has 0 fully saturated rings. The van der Waals surface area contributed by atoms with Crippen LogP contribution in [0.25, 0.3) is 11.1 Å². The first-order chi connectivity index (χ1) is 17.5. The maximum Gasteiger partial charge on any atom is 0.0406 e. The lowest BCUT2D eigenvalue weighted by atomic mass is 9.93. The van der Waals surface area contributed by atoms with E-state index in [1.807, 2.05) is 97.1 Å². The molecule has 0 atom stereocenters. The summed E-state index contributed by atoms with van der Waals surface area (Å²) in [5.41, 5.74) is 6.52. The predicted molar refractivity (Wildman–Crippen MR) is 155 cm³/mol. The zero-order chi connectivity index (χ0) is 25.1. The summed E-state index contributed by atoms with van der Waals surface area (Å²) in [4.78, 5) is 0. The van der Waals surface area contributed by atoms with Crippen molar-refractivity contribution >= 4 is 57.5 Å². The Balaban J connectivity index is 1.76. The molecule has 5 rings (SSSR count). The second-order valence-electron chi connectivity index (χ2n) is 8.35. The lowest BCUT2D eigenvalue weighted by Gasteiger charge is -2.11. The maximum absolute atomic E-state index is 6.17. The van der Waals surface area contributed by atoms with E-state index >= 15 is 0 Å². The molecule has 0 amide bonds. The first-order valence-corrected chi connectivity index (χ1v) is 12.9. The number of rotatable bonds is 4. The fourth-order valence-electron chi connectivity index (χ4n) is 4.27. The summed E-state index contributed by atoms with van der Waals surface area (Å²) >= 11 is 24.7. The fraction of sp³-hybridized carbons (Fsp3) is 0. The van der Waals surface area contributed by atoms with E-state index in [1.165, 1.54) is 0 Å². The molecule has 0 aliphatic carbocycles. The lowest BCUT2D eigenvalue weighted by Crippen LogP contribution is -2.15. The first-order valence-electron chi connectivity index (χ1n) is 11.4. The van der Waals surface area contributed by atoms with Gasteiger partial charge in [-0.3, -0.25) is 0 Å². The fourth-order valence-corrected chi connectivity index (χ4v) is 4.77. The average molecular weight is 546 g/mol. The molecule has 0 saturated heterocycles. The molecule has 0 N–H and O–H groups in total. The topological polar surface area (TPSA) is 0 Å². The highest BCUT2D eigenvalue weighted by molar-refractivity contribution is 6.31. The van der Waals surface area contributed by atoms with Crippen LogP contribution in [0.1, 0.15) is 22.3 Å². The van der Waals surface area contributed by atoms with Gasteiger partial charge in [0.15, 0.2) is 0 Å². The minimum atomic E-state index is 0.703. The second-order valence-corrected chi connectivity index (χ2v) is 10.1. The highest BCUT2D eigenvalue weighted by Gasteiger charge is 2.09. The first kappa shape index (κ1) is 24.7. The summed E-state index contributed by atoms with van der Waals surface area (Å²) in [6.45, 7) is 0. The van der Waals surface area contributed by atoms with Crippen molar-refractivity contribution in [3.8, 4) is 0 Å². The molecule has 4 heteroatoms. The zero-order valence-corrected chi connectivity index (χ0v) is 22.1. The molecule has 0 radical (unpaired) electrons. The Kier molecular flexibility index (Phi) is 7.51. The summed E-state index contributed by atoms with van der Waals surface area (Å²) in [7, 11) is 0. The van der Waals surface area contributed by atoms with Gasteiger partial charge in [0.2, 0.25) is 0 Å². The van der Waals surface area contributed by atoms with Crippen LogP contribution in [0.15, 0.2) is 121 Å². The van der Waals surface area contributed by atoms with Gasteiger partial charge < -0.3 is 0 Å². The predicted octanol–water partition coefficient (Wildman–Crippen LogP) is 8.79. The van der Waals surface area contributed by atoms with E-state index in [9.17, 15) is 0 Å². The van der Waals surface area contributed by atoms with E-state index in [-0.39, 0.29) is 0 Å². The molecule has 36 heavy (non-hydrogen) atoms. The van der Waals surface area contributed by atoms with Crippen LogP contribution in [-0.2, 0) is 0 Å². The van der Waals surface area contributed by atoms with Crippen molar-refractivity contribution < 1.29 is 0 Å². The standard InChI is InChI=1S/C32H20Cl4/c33-27-13-5-23(6-14-27)31(24-7-15-28(34)16-8-24)21-1-2-22(4-3-21)32(25-9-17-29(35)18-10-25)26-11-19-30(36)20-12-26/h1-20H. The van der Waals surface area contributed by atoms with Crippen LogP contribution in [0, 0.1) is 0 Å². The molecule has 5 aromatic rings. The normalized spacial score (nSPS) is 10.8. The van der Waals surface area contributed by atoms with E-state index in [2.05, 4.69) is 24.3 Å². The summed E-state index contributed by atoms with van der Waals surface area (Å²) in [5.74, 6) is 0. The molecular weight excluding hydrogens is 526 g/mol. The van der Waals surface area contributed by atoms with E-state index in [0.717, 1.165) is 43.8 Å². The molecule has 0 heterocycles. The molecule has 0 unspecified atom stereocenters. The monoisotopic (exact) mass is 544 g/mol. The van der Waals surface area contributed by atoms with Crippen LogP contribution < -0.4 is 10.4 Å². The van der Waals surface area contributed by atoms with E-state index < -0.39 is 0 Å². The molecule has 5 aromatic carbocycles. The third-order valence-electron chi connectivity index (χ3n) is 5.99. The summed E-state index contributed by atoms with van der Waals surface area (Å²) in [5, 5.41) is 5.00. The minimum Gasteiger partial charge on any atom is -0.0843 e. The van der Waals surface area contributed by atoms with Crippen molar-refractivity contribution in [1.82, 2.24) is 0 Å². The highest BCUT2D eigenvalue weighted by atomic mass is 35.5. The molecule has 0 bridgehead atoms. The van der Waals surface area contributed by atoms with Crippen LogP contribution in [0.2, 0.25) is 20.1 Å². The summed E-state index contributed by atoms with van der Waals surface area (Å²) in [6, 6.07) is 40.2. The molecule has 0 aromatic heterocycles. The van der Waals surface area contributed by atoms with Crippen LogP contribution in [0.5, 0.6) is 0 Å². The third-order valence-corrected chi connectivity index (χ3v) is 7.00. The zero-order valence-electron chi connectivity index (χ0n) is 19.1. The van der Waals surface area contributed by atoms with Crippen molar-refractivity contribution in [1.29, 1.82) is 0 Å². The average Bonchev–Trinajstić information content (AvgIpc) is 2.90. The van der Waals surface area contributed by atoms with Gasteiger partial charge in [0, 0.05) is 20.1 Å². The Morgan fingerprint density at radius 2 is 0.472 bits per heavy atom. The second kappa shape index (κ2) is 10.9. The van der Waals surface area contributed by atoms with Gasteiger partial charge in [0.25, 0.3) is 0 Å². The van der Waals surface area contributed by atoms with E-state index in [0.29, 0.717) is 20.1 Å². The Bertz CT molecular complexity index is 1370. The van der Waals surface area contributed by atoms with Crippen molar-refractivity contribution in [3.05, 3.63) is 174 Å². The number of halogens is 4. The van der Waals surface area contributed by atoms with Crippen LogP contribution in [-0.4, -0.2) is 0 Å².